The van der Waals surface area contributed by atoms with Gasteiger partial charge in [-0.2, -0.15) is 0 Å². The molecule has 2 atom stereocenters. The van der Waals surface area contributed by atoms with Crippen LogP contribution in [0.15, 0.2) is 48.5 Å². The summed E-state index contributed by atoms with van der Waals surface area (Å²) in [4.78, 5) is 23.9. The van der Waals surface area contributed by atoms with Crippen molar-refractivity contribution in [3.8, 4) is 11.5 Å². The van der Waals surface area contributed by atoms with Crippen LogP contribution in [0.2, 0.25) is 0 Å². The van der Waals surface area contributed by atoms with E-state index in [2.05, 4.69) is 5.32 Å². The third kappa shape index (κ3) is 6.00. The van der Waals surface area contributed by atoms with E-state index in [1.54, 1.807) is 50.6 Å². The number of nitrogens with one attached hydrogen (secondary N) is 1. The van der Waals surface area contributed by atoms with Crippen LogP contribution < -0.4 is 20.5 Å². The molecule has 0 unspecified atom stereocenters. The van der Waals surface area contributed by atoms with Crippen molar-refractivity contribution in [1.29, 1.82) is 0 Å². The predicted octanol–water partition coefficient (Wildman–Crippen LogP) is 1.39. The molecule has 0 spiro atoms. The van der Waals surface area contributed by atoms with Gasteiger partial charge < -0.3 is 25.6 Å². The molecule has 0 saturated carbocycles. The number of carbonyl (C=O) groups is 2. The van der Waals surface area contributed by atoms with Gasteiger partial charge in [-0.15, -0.1) is 0 Å². The Balaban J connectivity index is 1.96. The van der Waals surface area contributed by atoms with Gasteiger partial charge in [-0.05, 0) is 41.8 Å². The number of rotatable bonds is 9. The van der Waals surface area contributed by atoms with Crippen LogP contribution >= 0.6 is 0 Å². The molecule has 0 fully saturated rings. The summed E-state index contributed by atoms with van der Waals surface area (Å²) in [7, 11) is 3.13. The average Bonchev–Trinajstić information content (AvgIpc) is 2.68. The standard InChI is InChI=1S/C20H24N2O5/c1-26-15-7-3-13(4-8-15)11-17(21)19(23)22-18(20(24)25)12-14-5-9-16(27-2)10-6-14/h3-10,17-18H,11-12,21H2,1-2H3,(H,22,23)(H,24,25)/t17-,18+/m1/s1. The Morgan fingerprint density at radius 1 is 0.926 bits per heavy atom. The van der Waals surface area contributed by atoms with E-state index in [1.165, 1.54) is 0 Å². The van der Waals surface area contributed by atoms with Crippen molar-refractivity contribution < 1.29 is 24.2 Å². The Bertz CT molecular complexity index is 759. The Morgan fingerprint density at radius 3 is 1.78 bits per heavy atom. The molecule has 2 aromatic carbocycles. The van der Waals surface area contributed by atoms with Crippen LogP contribution in [0.25, 0.3) is 0 Å². The minimum atomic E-state index is -1.11. The number of carbonyl (C=O) groups excluding carboxylic acids is 1. The van der Waals surface area contributed by atoms with E-state index in [4.69, 9.17) is 15.2 Å². The zero-order valence-electron chi connectivity index (χ0n) is 15.3. The molecule has 27 heavy (non-hydrogen) atoms. The molecule has 7 nitrogen and oxygen atoms in total. The summed E-state index contributed by atoms with van der Waals surface area (Å²) in [6, 6.07) is 12.3. The van der Waals surface area contributed by atoms with Gasteiger partial charge in [0.2, 0.25) is 5.91 Å². The number of hydrogen-bond acceptors (Lipinski definition) is 5. The summed E-state index contributed by atoms with van der Waals surface area (Å²) in [5.74, 6) is -0.235. The second-order valence-corrected chi connectivity index (χ2v) is 6.11. The van der Waals surface area contributed by atoms with Gasteiger partial charge in [-0.25, -0.2) is 4.79 Å². The number of hydrogen-bond donors (Lipinski definition) is 3. The fraction of sp³-hybridized carbons (Fsp3) is 0.300. The fourth-order valence-corrected chi connectivity index (χ4v) is 2.58. The van der Waals surface area contributed by atoms with Gasteiger partial charge in [0.15, 0.2) is 0 Å². The molecule has 0 aliphatic carbocycles. The van der Waals surface area contributed by atoms with Gasteiger partial charge in [0, 0.05) is 6.42 Å². The molecular formula is C20H24N2O5. The van der Waals surface area contributed by atoms with Crippen molar-refractivity contribution in [2.24, 2.45) is 5.73 Å². The van der Waals surface area contributed by atoms with Crippen LogP contribution in [-0.4, -0.2) is 43.3 Å². The van der Waals surface area contributed by atoms with Crippen LogP contribution in [0, 0.1) is 0 Å². The van der Waals surface area contributed by atoms with Gasteiger partial charge in [0.25, 0.3) is 0 Å². The highest BCUT2D eigenvalue weighted by Gasteiger charge is 2.23. The Morgan fingerprint density at radius 2 is 1.37 bits per heavy atom. The summed E-state index contributed by atoms with van der Waals surface area (Å²) in [6.45, 7) is 0. The molecule has 2 rings (SSSR count). The van der Waals surface area contributed by atoms with Crippen LogP contribution in [-0.2, 0) is 22.4 Å². The summed E-state index contributed by atoms with van der Waals surface area (Å²) < 4.78 is 10.2. The lowest BCUT2D eigenvalue weighted by Crippen LogP contribution is -2.50. The largest absolute Gasteiger partial charge is 0.497 e. The van der Waals surface area contributed by atoms with Crippen molar-refractivity contribution in [3.63, 3.8) is 0 Å². The Kier molecular flexibility index (Phi) is 7.19. The highest BCUT2D eigenvalue weighted by atomic mass is 16.5. The topological polar surface area (TPSA) is 111 Å². The molecular weight excluding hydrogens is 348 g/mol. The first kappa shape index (κ1) is 20.3. The lowest BCUT2D eigenvalue weighted by atomic mass is 10.0. The SMILES string of the molecule is COc1ccc(C[C@@H](N)C(=O)N[C@@H](Cc2ccc(OC)cc2)C(=O)O)cc1. The van der Waals surface area contributed by atoms with E-state index in [0.29, 0.717) is 17.9 Å². The van der Waals surface area contributed by atoms with Crippen LogP contribution in [0.5, 0.6) is 11.5 Å². The molecule has 0 radical (unpaired) electrons. The van der Waals surface area contributed by atoms with E-state index in [0.717, 1.165) is 11.1 Å². The Labute approximate surface area is 158 Å². The second-order valence-electron chi connectivity index (χ2n) is 6.11. The molecule has 2 aromatic rings. The minimum absolute atomic E-state index is 0.153. The van der Waals surface area contributed by atoms with Crippen molar-refractivity contribution in [1.82, 2.24) is 5.32 Å². The number of aliphatic carboxylic acids is 1. The van der Waals surface area contributed by atoms with E-state index in [9.17, 15) is 14.7 Å². The van der Waals surface area contributed by atoms with Gasteiger partial charge in [0.05, 0.1) is 20.3 Å². The zero-order chi connectivity index (χ0) is 19.8. The summed E-state index contributed by atoms with van der Waals surface area (Å²) in [6.07, 6.45) is 0.449. The van der Waals surface area contributed by atoms with Crippen LogP contribution in [0.4, 0.5) is 0 Å². The number of ether oxygens (including phenoxy) is 2. The first-order valence-corrected chi connectivity index (χ1v) is 8.47. The Hall–Kier alpha value is -3.06. The molecule has 144 valence electrons. The number of methoxy groups -OCH3 is 2. The fourth-order valence-electron chi connectivity index (χ4n) is 2.58. The van der Waals surface area contributed by atoms with E-state index in [1.807, 2.05) is 12.1 Å². The number of benzene rings is 2. The molecule has 0 saturated heterocycles. The maximum absolute atomic E-state index is 12.3. The van der Waals surface area contributed by atoms with Gasteiger partial charge in [-0.1, -0.05) is 24.3 Å². The highest BCUT2D eigenvalue weighted by molar-refractivity contribution is 5.87. The minimum Gasteiger partial charge on any atom is -0.497 e. The molecule has 0 aliphatic heterocycles. The molecule has 0 aromatic heterocycles. The molecule has 0 bridgehead atoms. The first-order chi connectivity index (χ1) is 12.9. The maximum atomic E-state index is 12.3. The van der Waals surface area contributed by atoms with Crippen molar-refractivity contribution in [2.45, 2.75) is 24.9 Å². The van der Waals surface area contributed by atoms with E-state index < -0.39 is 24.0 Å². The summed E-state index contributed by atoms with van der Waals surface area (Å²) >= 11 is 0. The third-order valence-electron chi connectivity index (χ3n) is 4.16. The third-order valence-corrected chi connectivity index (χ3v) is 4.16. The van der Waals surface area contributed by atoms with Crippen LogP contribution in [0.1, 0.15) is 11.1 Å². The summed E-state index contributed by atoms with van der Waals surface area (Å²) in [5, 5.41) is 11.9. The maximum Gasteiger partial charge on any atom is 0.326 e. The zero-order valence-corrected chi connectivity index (χ0v) is 15.3. The molecule has 7 heteroatoms. The van der Waals surface area contributed by atoms with Crippen molar-refractivity contribution in [2.75, 3.05) is 14.2 Å². The number of nitrogens with two attached hydrogens (primary N) is 1. The lowest BCUT2D eigenvalue weighted by molar-refractivity contribution is -0.141. The molecule has 0 aliphatic rings. The molecule has 0 heterocycles. The van der Waals surface area contributed by atoms with Crippen molar-refractivity contribution >= 4 is 11.9 Å². The van der Waals surface area contributed by atoms with E-state index in [-0.39, 0.29) is 6.42 Å². The number of carboxylic acid groups (broad SMARTS) is 1. The molecule has 4 N–H and O–H groups in total. The van der Waals surface area contributed by atoms with Gasteiger partial charge in [-0.3, -0.25) is 4.79 Å². The number of carboxylic acids is 1. The molecule has 1 amide bonds. The second kappa shape index (κ2) is 9.59. The van der Waals surface area contributed by atoms with Gasteiger partial charge in [0.1, 0.15) is 17.5 Å². The lowest BCUT2D eigenvalue weighted by Gasteiger charge is -2.18. The summed E-state index contributed by atoms with van der Waals surface area (Å²) in [5.41, 5.74) is 7.58. The highest BCUT2D eigenvalue weighted by Crippen LogP contribution is 2.14. The quantitative estimate of drug-likeness (QED) is 0.613. The van der Waals surface area contributed by atoms with Crippen LogP contribution in [0.3, 0.4) is 0 Å². The van der Waals surface area contributed by atoms with Gasteiger partial charge >= 0.3 is 5.97 Å². The van der Waals surface area contributed by atoms with Crippen molar-refractivity contribution in [3.05, 3.63) is 59.7 Å². The average molecular weight is 372 g/mol. The first-order valence-electron chi connectivity index (χ1n) is 8.47. The number of amides is 1. The normalized spacial score (nSPS) is 12.7. The van der Waals surface area contributed by atoms with E-state index >= 15 is 0 Å². The monoisotopic (exact) mass is 372 g/mol. The predicted molar refractivity (Wildman–Crippen MR) is 101 cm³/mol. The smallest absolute Gasteiger partial charge is 0.326 e.